The van der Waals surface area contributed by atoms with Crippen LogP contribution in [0.25, 0.3) is 0 Å². The predicted octanol–water partition coefficient (Wildman–Crippen LogP) is 3.42. The first-order chi connectivity index (χ1) is 10.1. The molecule has 0 spiro atoms. The van der Waals surface area contributed by atoms with Crippen LogP contribution in [0.2, 0.25) is 0 Å². The average molecular weight is 295 g/mol. The summed E-state index contributed by atoms with van der Waals surface area (Å²) in [5.41, 5.74) is 1.13. The van der Waals surface area contributed by atoms with Crippen molar-refractivity contribution in [3.8, 4) is 11.5 Å². The zero-order valence-electron chi connectivity index (χ0n) is 13.9. The molecule has 0 fully saturated rings. The molecule has 0 aliphatic rings. The van der Waals surface area contributed by atoms with Gasteiger partial charge in [0.2, 0.25) is 0 Å². The van der Waals surface area contributed by atoms with Crippen molar-refractivity contribution >= 4 is 0 Å². The van der Waals surface area contributed by atoms with Crippen LogP contribution in [-0.2, 0) is 4.74 Å². The Labute approximate surface area is 128 Å². The molecule has 0 radical (unpaired) electrons. The first-order valence-corrected chi connectivity index (χ1v) is 7.64. The highest BCUT2D eigenvalue weighted by Gasteiger charge is 2.11. The summed E-state index contributed by atoms with van der Waals surface area (Å²) in [7, 11) is 3.60. The summed E-state index contributed by atoms with van der Waals surface area (Å²) in [5.74, 6) is 2.33. The average Bonchev–Trinajstić information content (AvgIpc) is 2.49. The second-order valence-electron chi connectivity index (χ2n) is 5.56. The molecule has 1 aromatic carbocycles. The molecule has 21 heavy (non-hydrogen) atoms. The molecule has 0 aliphatic heterocycles. The lowest BCUT2D eigenvalue weighted by Gasteiger charge is -2.17. The summed E-state index contributed by atoms with van der Waals surface area (Å²) in [5, 5.41) is 3.23. The maximum atomic E-state index is 5.86. The smallest absolute Gasteiger partial charge is 0.127 e. The van der Waals surface area contributed by atoms with Crippen molar-refractivity contribution in [3.63, 3.8) is 0 Å². The highest BCUT2D eigenvalue weighted by Crippen LogP contribution is 2.29. The van der Waals surface area contributed by atoms with Gasteiger partial charge in [-0.15, -0.1) is 0 Å². The monoisotopic (exact) mass is 295 g/mol. The van der Waals surface area contributed by atoms with E-state index in [0.717, 1.165) is 30.1 Å². The highest BCUT2D eigenvalue weighted by atomic mass is 16.5. The molecule has 1 rings (SSSR count). The quantitative estimate of drug-likeness (QED) is 0.671. The molecule has 1 unspecified atom stereocenters. The lowest BCUT2D eigenvalue weighted by molar-refractivity contribution is 0.0920. The van der Waals surface area contributed by atoms with Gasteiger partial charge in [0.1, 0.15) is 18.1 Å². The van der Waals surface area contributed by atoms with E-state index < -0.39 is 0 Å². The van der Waals surface area contributed by atoms with E-state index in [9.17, 15) is 0 Å². The standard InChI is InChI=1S/C17H29NO3/c1-13(2)8-9-20-10-11-21-17-12-15(19-5)6-7-16(17)14(3)18-4/h6-7,12-14,18H,8-11H2,1-5H3. The molecule has 0 saturated heterocycles. The van der Waals surface area contributed by atoms with Gasteiger partial charge >= 0.3 is 0 Å². The number of hydrogen-bond donors (Lipinski definition) is 1. The van der Waals surface area contributed by atoms with Gasteiger partial charge in [-0.1, -0.05) is 19.9 Å². The maximum absolute atomic E-state index is 5.86. The first kappa shape index (κ1) is 17.8. The van der Waals surface area contributed by atoms with Gasteiger partial charge in [-0.05, 0) is 32.4 Å². The van der Waals surface area contributed by atoms with Crippen molar-refractivity contribution in [1.29, 1.82) is 0 Å². The van der Waals surface area contributed by atoms with E-state index >= 15 is 0 Å². The van der Waals surface area contributed by atoms with Crippen molar-refractivity contribution in [3.05, 3.63) is 23.8 Å². The van der Waals surface area contributed by atoms with Gasteiger partial charge in [-0.3, -0.25) is 0 Å². The minimum atomic E-state index is 0.229. The molecule has 0 saturated carbocycles. The van der Waals surface area contributed by atoms with E-state index in [2.05, 4.69) is 26.1 Å². The summed E-state index contributed by atoms with van der Waals surface area (Å²) < 4.78 is 16.7. The topological polar surface area (TPSA) is 39.7 Å². The zero-order chi connectivity index (χ0) is 15.7. The van der Waals surface area contributed by atoms with Crippen molar-refractivity contribution in [2.24, 2.45) is 5.92 Å². The van der Waals surface area contributed by atoms with Crippen LogP contribution in [0, 0.1) is 5.92 Å². The molecule has 0 heterocycles. The van der Waals surface area contributed by atoms with Crippen molar-refractivity contribution in [2.75, 3.05) is 34.0 Å². The summed E-state index contributed by atoms with van der Waals surface area (Å²) in [6.07, 6.45) is 1.08. The molecule has 0 aliphatic carbocycles. The van der Waals surface area contributed by atoms with Crippen LogP contribution in [0.5, 0.6) is 11.5 Å². The molecule has 0 amide bonds. The number of rotatable bonds is 10. The van der Waals surface area contributed by atoms with Crippen LogP contribution in [0.15, 0.2) is 18.2 Å². The Bertz CT molecular complexity index is 407. The third kappa shape index (κ3) is 6.36. The normalized spacial score (nSPS) is 12.5. The van der Waals surface area contributed by atoms with Crippen LogP contribution < -0.4 is 14.8 Å². The van der Waals surface area contributed by atoms with Gasteiger partial charge in [0.25, 0.3) is 0 Å². The molecule has 0 bridgehead atoms. The molecule has 4 nitrogen and oxygen atoms in total. The van der Waals surface area contributed by atoms with Crippen molar-refractivity contribution in [1.82, 2.24) is 5.32 Å². The molecule has 120 valence electrons. The second kappa shape index (κ2) is 9.64. The second-order valence-corrected chi connectivity index (χ2v) is 5.56. The molecular formula is C17H29NO3. The van der Waals surface area contributed by atoms with Crippen LogP contribution >= 0.6 is 0 Å². The Morgan fingerprint density at radius 1 is 1.10 bits per heavy atom. The fourth-order valence-corrected chi connectivity index (χ4v) is 1.91. The molecular weight excluding hydrogens is 266 g/mol. The lowest BCUT2D eigenvalue weighted by atomic mass is 10.1. The number of hydrogen-bond acceptors (Lipinski definition) is 4. The van der Waals surface area contributed by atoms with E-state index in [-0.39, 0.29) is 6.04 Å². The third-order valence-electron chi connectivity index (χ3n) is 3.45. The van der Waals surface area contributed by atoms with Gasteiger partial charge in [-0.2, -0.15) is 0 Å². The number of ether oxygens (including phenoxy) is 3. The van der Waals surface area contributed by atoms with Crippen molar-refractivity contribution in [2.45, 2.75) is 33.2 Å². The lowest BCUT2D eigenvalue weighted by Crippen LogP contribution is -2.15. The van der Waals surface area contributed by atoms with E-state index in [4.69, 9.17) is 14.2 Å². The Kier molecular flexibility index (Phi) is 8.16. The van der Waals surface area contributed by atoms with E-state index in [0.29, 0.717) is 19.1 Å². The van der Waals surface area contributed by atoms with Gasteiger partial charge < -0.3 is 19.5 Å². The van der Waals surface area contributed by atoms with Crippen LogP contribution in [-0.4, -0.2) is 34.0 Å². The Morgan fingerprint density at radius 3 is 2.48 bits per heavy atom. The van der Waals surface area contributed by atoms with Crippen molar-refractivity contribution < 1.29 is 14.2 Å². The minimum absolute atomic E-state index is 0.229. The Balaban J connectivity index is 2.51. The van der Waals surface area contributed by atoms with Gasteiger partial charge in [-0.25, -0.2) is 0 Å². The fraction of sp³-hybridized carbons (Fsp3) is 0.647. The highest BCUT2D eigenvalue weighted by molar-refractivity contribution is 5.42. The Hall–Kier alpha value is -1.26. The first-order valence-electron chi connectivity index (χ1n) is 7.64. The van der Waals surface area contributed by atoms with E-state index in [1.54, 1.807) is 7.11 Å². The van der Waals surface area contributed by atoms with E-state index in [1.165, 1.54) is 0 Å². The molecule has 1 atom stereocenters. The molecule has 4 heteroatoms. The number of benzene rings is 1. The van der Waals surface area contributed by atoms with Gasteiger partial charge in [0.15, 0.2) is 0 Å². The summed E-state index contributed by atoms with van der Waals surface area (Å²) in [6.45, 7) is 8.45. The third-order valence-corrected chi connectivity index (χ3v) is 3.45. The Morgan fingerprint density at radius 2 is 1.86 bits per heavy atom. The van der Waals surface area contributed by atoms with Crippen LogP contribution in [0.1, 0.15) is 38.8 Å². The summed E-state index contributed by atoms with van der Waals surface area (Å²) in [4.78, 5) is 0. The largest absolute Gasteiger partial charge is 0.497 e. The number of nitrogens with one attached hydrogen (secondary N) is 1. The zero-order valence-corrected chi connectivity index (χ0v) is 13.9. The maximum Gasteiger partial charge on any atom is 0.127 e. The summed E-state index contributed by atoms with van der Waals surface area (Å²) >= 11 is 0. The van der Waals surface area contributed by atoms with Crippen LogP contribution in [0.3, 0.4) is 0 Å². The fourth-order valence-electron chi connectivity index (χ4n) is 1.91. The predicted molar refractivity (Wildman–Crippen MR) is 86.2 cm³/mol. The van der Waals surface area contributed by atoms with Gasteiger partial charge in [0.05, 0.1) is 13.7 Å². The molecule has 1 N–H and O–H groups in total. The molecule has 1 aromatic rings. The van der Waals surface area contributed by atoms with Crippen LogP contribution in [0.4, 0.5) is 0 Å². The number of methoxy groups -OCH3 is 1. The minimum Gasteiger partial charge on any atom is -0.497 e. The summed E-state index contributed by atoms with van der Waals surface area (Å²) in [6, 6.07) is 6.15. The van der Waals surface area contributed by atoms with E-state index in [1.807, 2.05) is 25.2 Å². The van der Waals surface area contributed by atoms with Gasteiger partial charge in [0, 0.05) is 24.3 Å². The SMILES string of the molecule is CNC(C)c1ccc(OC)cc1OCCOCCC(C)C. The molecule has 0 aromatic heterocycles.